The van der Waals surface area contributed by atoms with Gasteiger partial charge in [-0.05, 0) is 31.0 Å². The Morgan fingerprint density at radius 2 is 1.94 bits per heavy atom. The molecule has 1 aromatic carbocycles. The van der Waals surface area contributed by atoms with E-state index in [0.29, 0.717) is 5.69 Å². The third-order valence-corrected chi connectivity index (χ3v) is 2.66. The van der Waals surface area contributed by atoms with E-state index in [1.165, 1.54) is 0 Å². The summed E-state index contributed by atoms with van der Waals surface area (Å²) in [5.74, 6) is 0. The van der Waals surface area contributed by atoms with Crippen LogP contribution in [-0.2, 0) is 10.0 Å². The lowest BCUT2D eigenvalue weighted by molar-refractivity contribution is 0.607. The number of anilines is 1. The number of aryl methyl sites for hydroxylation is 1. The van der Waals surface area contributed by atoms with Gasteiger partial charge in [0, 0.05) is 6.04 Å². The molecule has 0 amide bonds. The fraction of sp³-hybridized carbons (Fsp3) is 0.400. The summed E-state index contributed by atoms with van der Waals surface area (Å²) in [5, 5.41) is 0. The minimum atomic E-state index is -3.21. The zero-order chi connectivity index (χ0) is 11.6. The summed E-state index contributed by atoms with van der Waals surface area (Å²) in [6.45, 7) is 3.73. The molecule has 0 heterocycles. The lowest BCUT2D eigenvalue weighted by atomic mass is 10.1. The van der Waals surface area contributed by atoms with Gasteiger partial charge in [-0.2, -0.15) is 0 Å². The SMILES string of the molecule is Cc1cc([C@@H](C)N)ccc1NS(C)(=O)=O.Cl. The Kier molecular flexibility index (Phi) is 5.25. The Morgan fingerprint density at radius 1 is 1.38 bits per heavy atom. The van der Waals surface area contributed by atoms with E-state index in [-0.39, 0.29) is 18.4 Å². The zero-order valence-corrected chi connectivity index (χ0v) is 11.2. The summed E-state index contributed by atoms with van der Waals surface area (Å²) in [5.41, 5.74) is 8.18. The molecule has 0 aromatic heterocycles. The van der Waals surface area contributed by atoms with E-state index >= 15 is 0 Å². The van der Waals surface area contributed by atoms with Gasteiger partial charge in [0.25, 0.3) is 0 Å². The minimum Gasteiger partial charge on any atom is -0.324 e. The molecule has 92 valence electrons. The molecule has 0 saturated carbocycles. The zero-order valence-electron chi connectivity index (χ0n) is 9.52. The summed E-state index contributed by atoms with van der Waals surface area (Å²) >= 11 is 0. The molecule has 0 aliphatic carbocycles. The van der Waals surface area contributed by atoms with Crippen LogP contribution in [-0.4, -0.2) is 14.7 Å². The first-order valence-corrected chi connectivity index (χ1v) is 6.52. The summed E-state index contributed by atoms with van der Waals surface area (Å²) in [7, 11) is -3.21. The van der Waals surface area contributed by atoms with Crippen LogP contribution >= 0.6 is 12.4 Å². The van der Waals surface area contributed by atoms with E-state index in [2.05, 4.69) is 4.72 Å². The van der Waals surface area contributed by atoms with Gasteiger partial charge in [0.1, 0.15) is 0 Å². The molecule has 0 spiro atoms. The Morgan fingerprint density at radius 3 is 2.31 bits per heavy atom. The van der Waals surface area contributed by atoms with E-state index in [9.17, 15) is 8.42 Å². The third-order valence-electron chi connectivity index (χ3n) is 2.07. The van der Waals surface area contributed by atoms with Crippen LogP contribution in [0.3, 0.4) is 0 Å². The van der Waals surface area contributed by atoms with Crippen molar-refractivity contribution in [2.45, 2.75) is 19.9 Å². The standard InChI is InChI=1S/C10H16N2O2S.ClH/c1-7-6-9(8(2)11)4-5-10(7)12-15(3,13)14;/h4-6,8,12H,11H2,1-3H3;1H/t8-;/m1./s1. The number of rotatable bonds is 3. The number of nitrogens with two attached hydrogens (primary N) is 1. The molecule has 0 unspecified atom stereocenters. The summed E-state index contributed by atoms with van der Waals surface area (Å²) in [4.78, 5) is 0. The van der Waals surface area contributed by atoms with Gasteiger partial charge >= 0.3 is 0 Å². The molecule has 3 N–H and O–H groups in total. The molecule has 1 atom stereocenters. The topological polar surface area (TPSA) is 72.2 Å². The van der Waals surface area contributed by atoms with E-state index in [4.69, 9.17) is 5.73 Å². The average molecular weight is 265 g/mol. The van der Waals surface area contributed by atoms with Gasteiger partial charge in [-0.3, -0.25) is 4.72 Å². The highest BCUT2D eigenvalue weighted by Gasteiger charge is 2.06. The van der Waals surface area contributed by atoms with E-state index in [1.54, 1.807) is 6.07 Å². The molecule has 4 nitrogen and oxygen atoms in total. The number of sulfonamides is 1. The first-order chi connectivity index (χ1) is 6.79. The summed E-state index contributed by atoms with van der Waals surface area (Å²) in [6.07, 6.45) is 1.13. The maximum Gasteiger partial charge on any atom is 0.229 e. The third kappa shape index (κ3) is 4.38. The largest absolute Gasteiger partial charge is 0.324 e. The van der Waals surface area contributed by atoms with Crippen molar-refractivity contribution in [3.8, 4) is 0 Å². The molecule has 0 bridgehead atoms. The maximum atomic E-state index is 11.0. The Hall–Kier alpha value is -0.780. The molecule has 0 aliphatic rings. The monoisotopic (exact) mass is 264 g/mol. The molecule has 0 radical (unpaired) electrons. The number of hydrogen-bond donors (Lipinski definition) is 2. The van der Waals surface area contributed by atoms with Crippen molar-refractivity contribution < 1.29 is 8.42 Å². The lowest BCUT2D eigenvalue weighted by Gasteiger charge is -2.11. The smallest absolute Gasteiger partial charge is 0.229 e. The van der Waals surface area contributed by atoms with Gasteiger partial charge in [0.15, 0.2) is 0 Å². The number of benzene rings is 1. The number of nitrogens with one attached hydrogen (secondary N) is 1. The maximum absolute atomic E-state index is 11.0. The molecule has 6 heteroatoms. The second-order valence-corrected chi connectivity index (χ2v) is 5.49. The van der Waals surface area contributed by atoms with E-state index in [0.717, 1.165) is 17.4 Å². The molecule has 0 fully saturated rings. The number of halogens is 1. The first kappa shape index (κ1) is 15.2. The van der Waals surface area contributed by atoms with Crippen LogP contribution in [0.25, 0.3) is 0 Å². The highest BCUT2D eigenvalue weighted by Crippen LogP contribution is 2.20. The predicted molar refractivity (Wildman–Crippen MR) is 69.5 cm³/mol. The van der Waals surface area contributed by atoms with Gasteiger partial charge in [-0.1, -0.05) is 12.1 Å². The summed E-state index contributed by atoms with van der Waals surface area (Å²) < 4.78 is 24.5. The van der Waals surface area contributed by atoms with Gasteiger partial charge in [0.05, 0.1) is 11.9 Å². The predicted octanol–water partition coefficient (Wildman–Crippen LogP) is 1.81. The van der Waals surface area contributed by atoms with Crippen LogP contribution in [0.4, 0.5) is 5.69 Å². The van der Waals surface area contributed by atoms with Crippen LogP contribution in [0.2, 0.25) is 0 Å². The second kappa shape index (κ2) is 5.52. The van der Waals surface area contributed by atoms with Crippen LogP contribution in [0, 0.1) is 6.92 Å². The number of hydrogen-bond acceptors (Lipinski definition) is 3. The molecular weight excluding hydrogens is 248 g/mol. The lowest BCUT2D eigenvalue weighted by Crippen LogP contribution is -2.11. The van der Waals surface area contributed by atoms with Crippen LogP contribution in [0.5, 0.6) is 0 Å². The minimum absolute atomic E-state index is 0. The van der Waals surface area contributed by atoms with Crippen molar-refractivity contribution in [2.75, 3.05) is 11.0 Å². The molecule has 16 heavy (non-hydrogen) atoms. The van der Waals surface area contributed by atoms with Crippen molar-refractivity contribution in [1.82, 2.24) is 0 Å². The van der Waals surface area contributed by atoms with Crippen LogP contribution < -0.4 is 10.5 Å². The molecular formula is C10H17ClN2O2S. The Bertz CT molecular complexity index is 458. The highest BCUT2D eigenvalue weighted by atomic mass is 35.5. The van der Waals surface area contributed by atoms with Gasteiger partial charge in [0.2, 0.25) is 10.0 Å². The fourth-order valence-corrected chi connectivity index (χ4v) is 1.91. The van der Waals surface area contributed by atoms with Crippen LogP contribution in [0.1, 0.15) is 24.1 Å². The molecule has 0 aliphatic heterocycles. The van der Waals surface area contributed by atoms with Gasteiger partial charge in [-0.15, -0.1) is 12.4 Å². The van der Waals surface area contributed by atoms with Gasteiger partial charge in [-0.25, -0.2) is 8.42 Å². The summed E-state index contributed by atoms with van der Waals surface area (Å²) in [6, 6.07) is 5.40. The first-order valence-electron chi connectivity index (χ1n) is 4.63. The normalized spacial score (nSPS) is 12.8. The van der Waals surface area contributed by atoms with Crippen molar-refractivity contribution in [3.05, 3.63) is 29.3 Å². The molecule has 1 rings (SSSR count). The van der Waals surface area contributed by atoms with Crippen molar-refractivity contribution in [1.29, 1.82) is 0 Å². The van der Waals surface area contributed by atoms with E-state index in [1.807, 2.05) is 26.0 Å². The van der Waals surface area contributed by atoms with Crippen LogP contribution in [0.15, 0.2) is 18.2 Å². The second-order valence-electron chi connectivity index (χ2n) is 3.74. The highest BCUT2D eigenvalue weighted by molar-refractivity contribution is 7.92. The van der Waals surface area contributed by atoms with Crippen molar-refractivity contribution in [3.63, 3.8) is 0 Å². The van der Waals surface area contributed by atoms with Crippen molar-refractivity contribution in [2.24, 2.45) is 5.73 Å². The van der Waals surface area contributed by atoms with Gasteiger partial charge < -0.3 is 5.73 Å². The molecule has 1 aromatic rings. The van der Waals surface area contributed by atoms with Crippen molar-refractivity contribution >= 4 is 28.1 Å². The Labute approximate surface area is 103 Å². The van der Waals surface area contributed by atoms with E-state index < -0.39 is 10.0 Å². The Balaban J connectivity index is 0.00000225. The fourth-order valence-electron chi connectivity index (χ4n) is 1.28. The quantitative estimate of drug-likeness (QED) is 0.875. The average Bonchev–Trinajstić information content (AvgIpc) is 2.05. The molecule has 0 saturated heterocycles.